The second-order valence-electron chi connectivity index (χ2n) is 7.15. The van der Waals surface area contributed by atoms with Crippen molar-refractivity contribution in [3.8, 4) is 28.4 Å². The van der Waals surface area contributed by atoms with Gasteiger partial charge in [0.25, 0.3) is 0 Å². The third-order valence-corrected chi connectivity index (χ3v) is 5.36. The zero-order valence-electron chi connectivity index (χ0n) is 15.8. The number of aromatic hydroxyl groups is 2. The Hall–Kier alpha value is -4.07. The number of carbonyl (C=O) groups is 1. The van der Waals surface area contributed by atoms with Gasteiger partial charge < -0.3 is 19.4 Å². The topological polar surface area (TPSA) is 115 Å². The Kier molecular flexibility index (Phi) is 3.89. The van der Waals surface area contributed by atoms with Gasteiger partial charge in [-0.15, -0.1) is 0 Å². The van der Waals surface area contributed by atoms with Crippen LogP contribution in [0.2, 0.25) is 0 Å². The van der Waals surface area contributed by atoms with Crippen LogP contribution in [0.4, 0.5) is 0 Å². The van der Waals surface area contributed by atoms with Gasteiger partial charge in [0.2, 0.25) is 5.43 Å². The second kappa shape index (κ2) is 6.48. The van der Waals surface area contributed by atoms with Gasteiger partial charge in [-0.3, -0.25) is 14.3 Å². The number of fused-ring (bicyclic) bond motifs is 3. The summed E-state index contributed by atoms with van der Waals surface area (Å²) in [6.45, 7) is 0. The van der Waals surface area contributed by atoms with E-state index in [1.807, 2.05) is 0 Å². The highest BCUT2D eigenvalue weighted by molar-refractivity contribution is 5.94. The number of ether oxygens (including phenoxy) is 1. The first-order valence-corrected chi connectivity index (χ1v) is 9.23. The van der Waals surface area contributed by atoms with Crippen molar-refractivity contribution in [3.05, 3.63) is 70.3 Å². The predicted molar refractivity (Wildman–Crippen MR) is 107 cm³/mol. The fourth-order valence-electron chi connectivity index (χ4n) is 3.95. The van der Waals surface area contributed by atoms with Crippen molar-refractivity contribution in [1.29, 1.82) is 0 Å². The first kappa shape index (κ1) is 18.0. The number of benzene rings is 2. The molecule has 2 aromatic carbocycles. The third kappa shape index (κ3) is 2.65. The van der Waals surface area contributed by atoms with Crippen LogP contribution in [0, 0.1) is 0 Å². The third-order valence-electron chi connectivity index (χ3n) is 5.36. The summed E-state index contributed by atoms with van der Waals surface area (Å²) in [5.74, 6) is -1.00. The molecule has 0 radical (unpaired) electrons. The lowest BCUT2D eigenvalue weighted by Gasteiger charge is -2.25. The molecule has 0 saturated carbocycles. The normalized spacial score (nSPS) is 15.8. The molecule has 0 fully saturated rings. The predicted octanol–water partition coefficient (Wildman–Crippen LogP) is 3.05. The number of phenolic OH excluding ortho intramolecular Hbond substituents is 2. The van der Waals surface area contributed by atoms with E-state index in [1.165, 1.54) is 24.5 Å². The zero-order valence-corrected chi connectivity index (χ0v) is 15.8. The molecular weight excluding hydrogens is 388 g/mol. The van der Waals surface area contributed by atoms with Crippen molar-refractivity contribution >= 4 is 16.9 Å². The zero-order chi connectivity index (χ0) is 21.0. The lowest BCUT2D eigenvalue weighted by molar-refractivity contribution is -0.135. The molecule has 0 spiro atoms. The van der Waals surface area contributed by atoms with Gasteiger partial charge in [-0.05, 0) is 23.8 Å². The van der Waals surface area contributed by atoms with Crippen molar-refractivity contribution in [3.63, 3.8) is 0 Å². The first-order chi connectivity index (χ1) is 14.4. The summed E-state index contributed by atoms with van der Waals surface area (Å²) >= 11 is 0. The van der Waals surface area contributed by atoms with Crippen LogP contribution in [-0.4, -0.2) is 26.0 Å². The van der Waals surface area contributed by atoms with E-state index in [0.717, 1.165) is 5.69 Å². The van der Waals surface area contributed by atoms with Crippen molar-refractivity contribution in [1.82, 2.24) is 9.78 Å². The largest absolute Gasteiger partial charge is 0.508 e. The summed E-state index contributed by atoms with van der Waals surface area (Å²) in [4.78, 5) is 25.4. The van der Waals surface area contributed by atoms with E-state index in [1.54, 1.807) is 36.1 Å². The Morgan fingerprint density at radius 2 is 1.90 bits per heavy atom. The van der Waals surface area contributed by atoms with Crippen molar-refractivity contribution in [2.24, 2.45) is 7.05 Å². The number of esters is 1. The van der Waals surface area contributed by atoms with Gasteiger partial charge in [0, 0.05) is 36.5 Å². The summed E-state index contributed by atoms with van der Waals surface area (Å²) in [5, 5.41) is 24.2. The number of aromatic nitrogens is 2. The summed E-state index contributed by atoms with van der Waals surface area (Å²) in [5.41, 5.74) is 1.78. The standard InChI is InChI=1S/C22H16N2O6/c1-24-15(6-7-23-24)13-8-18(27)30-17-9-16(26)20-21(28)14(10-29-22(20)19(13)17)11-2-4-12(25)5-3-11/h2-7,9-10,13,25-26H,8H2,1H3/t13-/m0/s1. The fraction of sp³-hybridized carbons (Fsp3) is 0.136. The fourth-order valence-corrected chi connectivity index (χ4v) is 3.95. The molecule has 8 nitrogen and oxygen atoms in total. The summed E-state index contributed by atoms with van der Waals surface area (Å²) < 4.78 is 12.8. The Bertz CT molecular complexity index is 1370. The summed E-state index contributed by atoms with van der Waals surface area (Å²) in [6, 6.07) is 9.16. The molecule has 150 valence electrons. The molecule has 0 saturated heterocycles. The molecule has 0 unspecified atom stereocenters. The molecule has 1 atom stereocenters. The van der Waals surface area contributed by atoms with Gasteiger partial charge in [-0.1, -0.05) is 12.1 Å². The van der Waals surface area contributed by atoms with Crippen LogP contribution in [0.3, 0.4) is 0 Å². The lowest BCUT2D eigenvalue weighted by atomic mass is 9.87. The second-order valence-corrected chi connectivity index (χ2v) is 7.15. The van der Waals surface area contributed by atoms with Crippen molar-refractivity contribution < 1.29 is 24.2 Å². The Balaban J connectivity index is 1.80. The lowest BCUT2D eigenvalue weighted by Crippen LogP contribution is -2.23. The van der Waals surface area contributed by atoms with Crippen LogP contribution in [-0.2, 0) is 11.8 Å². The number of phenols is 2. The molecule has 5 rings (SSSR count). The molecular formula is C22H16N2O6. The van der Waals surface area contributed by atoms with E-state index in [2.05, 4.69) is 5.10 Å². The minimum absolute atomic E-state index is 0.00411. The highest BCUT2D eigenvalue weighted by Gasteiger charge is 2.35. The molecule has 1 aliphatic heterocycles. The summed E-state index contributed by atoms with van der Waals surface area (Å²) in [6.07, 6.45) is 2.99. The average Bonchev–Trinajstić information content (AvgIpc) is 3.14. The van der Waals surface area contributed by atoms with Crippen molar-refractivity contribution in [2.75, 3.05) is 0 Å². The minimum atomic E-state index is -0.449. The quantitative estimate of drug-likeness (QED) is 0.390. The van der Waals surface area contributed by atoms with Gasteiger partial charge in [0.05, 0.1) is 12.0 Å². The van der Waals surface area contributed by atoms with Crippen LogP contribution in [0.15, 0.2) is 58.1 Å². The van der Waals surface area contributed by atoms with Gasteiger partial charge in [-0.25, -0.2) is 0 Å². The van der Waals surface area contributed by atoms with Crippen molar-refractivity contribution in [2.45, 2.75) is 12.3 Å². The molecule has 8 heteroatoms. The Morgan fingerprint density at radius 3 is 2.60 bits per heavy atom. The Labute approximate surface area is 169 Å². The van der Waals surface area contributed by atoms with Gasteiger partial charge >= 0.3 is 5.97 Å². The number of rotatable bonds is 2. The molecule has 0 aliphatic carbocycles. The first-order valence-electron chi connectivity index (χ1n) is 9.23. The molecule has 4 aromatic rings. The summed E-state index contributed by atoms with van der Waals surface area (Å²) in [7, 11) is 1.76. The van der Waals surface area contributed by atoms with E-state index in [9.17, 15) is 19.8 Å². The van der Waals surface area contributed by atoms with E-state index in [0.29, 0.717) is 11.1 Å². The van der Waals surface area contributed by atoms with E-state index < -0.39 is 17.3 Å². The van der Waals surface area contributed by atoms with Crippen LogP contribution in [0.1, 0.15) is 23.6 Å². The monoisotopic (exact) mass is 404 g/mol. The van der Waals surface area contributed by atoms with Crippen LogP contribution in [0.5, 0.6) is 17.2 Å². The molecule has 3 heterocycles. The molecule has 1 aliphatic rings. The van der Waals surface area contributed by atoms with Gasteiger partial charge in [-0.2, -0.15) is 5.10 Å². The number of aryl methyl sites for hydroxylation is 1. The van der Waals surface area contributed by atoms with Crippen LogP contribution < -0.4 is 10.2 Å². The molecule has 2 aromatic heterocycles. The highest BCUT2D eigenvalue weighted by Crippen LogP contribution is 2.45. The van der Waals surface area contributed by atoms with Gasteiger partial charge in [0.15, 0.2) is 0 Å². The minimum Gasteiger partial charge on any atom is -0.508 e. The van der Waals surface area contributed by atoms with E-state index in [4.69, 9.17) is 9.15 Å². The van der Waals surface area contributed by atoms with E-state index >= 15 is 0 Å². The number of nitrogens with zero attached hydrogens (tertiary/aromatic N) is 2. The molecule has 0 amide bonds. The highest BCUT2D eigenvalue weighted by atomic mass is 16.5. The number of carbonyl (C=O) groups excluding carboxylic acids is 1. The molecule has 30 heavy (non-hydrogen) atoms. The maximum atomic E-state index is 13.2. The Morgan fingerprint density at radius 1 is 1.13 bits per heavy atom. The molecule has 2 N–H and O–H groups in total. The maximum absolute atomic E-state index is 13.2. The SMILES string of the molecule is Cn1nccc1[C@@H]1CC(=O)Oc2cc(O)c3c(=O)c(-c4ccc(O)cc4)coc3c21. The van der Waals surface area contributed by atoms with Gasteiger partial charge in [0.1, 0.15) is 34.5 Å². The van der Waals surface area contributed by atoms with Crippen LogP contribution >= 0.6 is 0 Å². The average molecular weight is 404 g/mol. The number of hydrogen-bond acceptors (Lipinski definition) is 7. The smallest absolute Gasteiger partial charge is 0.312 e. The van der Waals surface area contributed by atoms with Crippen LogP contribution in [0.25, 0.3) is 22.1 Å². The number of hydrogen-bond donors (Lipinski definition) is 2. The maximum Gasteiger partial charge on any atom is 0.312 e. The molecule has 0 bridgehead atoms. The van der Waals surface area contributed by atoms with E-state index in [-0.39, 0.29) is 40.2 Å².